The zero-order valence-corrected chi connectivity index (χ0v) is 9.96. The molecule has 72 valence electrons. The van der Waals surface area contributed by atoms with Crippen molar-refractivity contribution >= 4 is 40.0 Å². The number of methoxy groups -OCH3 is 1. The Morgan fingerprint density at radius 3 is 3.15 bits per heavy atom. The Balaban J connectivity index is 2.59. The minimum absolute atomic E-state index is 0.250. The van der Waals surface area contributed by atoms with E-state index in [1.807, 2.05) is 0 Å². The predicted molar refractivity (Wildman–Crippen MR) is 60.1 cm³/mol. The zero-order chi connectivity index (χ0) is 9.68. The van der Waals surface area contributed by atoms with Gasteiger partial charge in [-0.3, -0.25) is 0 Å². The van der Waals surface area contributed by atoms with Crippen molar-refractivity contribution in [1.82, 2.24) is 9.97 Å². The van der Waals surface area contributed by atoms with Gasteiger partial charge in [-0.15, -0.1) is 0 Å². The maximum Gasteiger partial charge on any atom is 0.224 e. The van der Waals surface area contributed by atoms with E-state index in [0.717, 1.165) is 9.39 Å². The van der Waals surface area contributed by atoms with Crippen molar-refractivity contribution in [3.63, 3.8) is 0 Å². The van der Waals surface area contributed by atoms with Crippen LogP contribution in [0.25, 0.3) is 0 Å². The summed E-state index contributed by atoms with van der Waals surface area (Å²) in [5, 5.41) is 3.34. The Morgan fingerprint density at radius 2 is 2.46 bits per heavy atom. The molecular formula is C7H9ClIN3O. The molecule has 0 spiro atoms. The zero-order valence-electron chi connectivity index (χ0n) is 7.05. The van der Waals surface area contributed by atoms with Crippen molar-refractivity contribution in [2.45, 2.75) is 0 Å². The van der Waals surface area contributed by atoms with E-state index in [2.05, 4.69) is 37.9 Å². The number of hydrogen-bond donors (Lipinski definition) is 1. The smallest absolute Gasteiger partial charge is 0.224 e. The number of aromatic nitrogens is 2. The highest BCUT2D eigenvalue weighted by Crippen LogP contribution is 2.15. The van der Waals surface area contributed by atoms with Crippen LogP contribution in [0.1, 0.15) is 0 Å². The third kappa shape index (κ3) is 3.61. The molecule has 0 fully saturated rings. The van der Waals surface area contributed by atoms with Gasteiger partial charge in [0.05, 0.1) is 10.2 Å². The quantitative estimate of drug-likeness (QED) is 0.523. The van der Waals surface area contributed by atoms with Gasteiger partial charge in [-0.05, 0) is 34.2 Å². The Kier molecular flexibility index (Phi) is 4.68. The minimum atomic E-state index is 0.250. The van der Waals surface area contributed by atoms with Gasteiger partial charge < -0.3 is 10.1 Å². The first-order chi connectivity index (χ1) is 6.24. The Morgan fingerprint density at radius 1 is 1.69 bits per heavy atom. The number of nitrogens with one attached hydrogen (secondary N) is 1. The standard InChI is InChI=1S/C7H9ClIN3O/c1-13-3-2-10-6-5(9)4-11-7(8)12-6/h4H,2-3H2,1H3,(H,10,11,12). The molecule has 1 rings (SSSR count). The van der Waals surface area contributed by atoms with Gasteiger partial charge in [0.1, 0.15) is 5.82 Å². The number of nitrogens with zero attached hydrogens (tertiary/aromatic N) is 2. The molecule has 0 atom stereocenters. The molecule has 0 saturated carbocycles. The summed E-state index contributed by atoms with van der Waals surface area (Å²) in [5.41, 5.74) is 0. The van der Waals surface area contributed by atoms with Gasteiger partial charge in [-0.2, -0.15) is 4.98 Å². The van der Waals surface area contributed by atoms with Crippen LogP contribution in [-0.2, 0) is 4.74 Å². The average molecular weight is 314 g/mol. The van der Waals surface area contributed by atoms with Crippen LogP contribution in [0.5, 0.6) is 0 Å². The van der Waals surface area contributed by atoms with Crippen molar-refractivity contribution < 1.29 is 4.74 Å². The first kappa shape index (κ1) is 10.9. The summed E-state index contributed by atoms with van der Waals surface area (Å²) in [6, 6.07) is 0. The fourth-order valence-corrected chi connectivity index (χ4v) is 1.32. The molecule has 0 bridgehead atoms. The molecule has 0 amide bonds. The van der Waals surface area contributed by atoms with Crippen LogP contribution in [-0.4, -0.2) is 30.2 Å². The lowest BCUT2D eigenvalue weighted by Crippen LogP contribution is -2.10. The van der Waals surface area contributed by atoms with E-state index in [1.54, 1.807) is 13.3 Å². The lowest BCUT2D eigenvalue weighted by atomic mass is 10.5. The van der Waals surface area contributed by atoms with E-state index in [9.17, 15) is 0 Å². The van der Waals surface area contributed by atoms with Crippen LogP contribution in [0, 0.1) is 3.57 Å². The fourth-order valence-electron chi connectivity index (χ4n) is 0.741. The molecule has 4 nitrogen and oxygen atoms in total. The molecule has 0 unspecified atom stereocenters. The topological polar surface area (TPSA) is 47.0 Å². The summed E-state index contributed by atoms with van der Waals surface area (Å²) < 4.78 is 5.84. The second-order valence-electron chi connectivity index (χ2n) is 2.26. The summed E-state index contributed by atoms with van der Waals surface area (Å²) in [7, 11) is 1.65. The largest absolute Gasteiger partial charge is 0.383 e. The van der Waals surface area contributed by atoms with Crippen molar-refractivity contribution in [1.29, 1.82) is 0 Å². The molecule has 0 aliphatic carbocycles. The van der Waals surface area contributed by atoms with Gasteiger partial charge in [-0.25, -0.2) is 4.98 Å². The van der Waals surface area contributed by atoms with Gasteiger partial charge in [0.2, 0.25) is 5.28 Å². The van der Waals surface area contributed by atoms with Gasteiger partial charge in [0, 0.05) is 19.9 Å². The fraction of sp³-hybridized carbons (Fsp3) is 0.429. The predicted octanol–water partition coefficient (Wildman–Crippen LogP) is 1.79. The van der Waals surface area contributed by atoms with Crippen LogP contribution in [0.3, 0.4) is 0 Å². The summed E-state index contributed by atoms with van der Waals surface area (Å²) in [5.74, 6) is 0.748. The number of ether oxygens (including phenoxy) is 1. The highest BCUT2D eigenvalue weighted by molar-refractivity contribution is 14.1. The summed E-state index contributed by atoms with van der Waals surface area (Å²) in [4.78, 5) is 7.87. The molecule has 1 N–H and O–H groups in total. The first-order valence-corrected chi connectivity index (χ1v) is 5.10. The highest BCUT2D eigenvalue weighted by atomic mass is 127. The van der Waals surface area contributed by atoms with Crippen LogP contribution in [0.15, 0.2) is 6.20 Å². The number of anilines is 1. The molecule has 1 heterocycles. The van der Waals surface area contributed by atoms with E-state index in [-0.39, 0.29) is 5.28 Å². The minimum Gasteiger partial charge on any atom is -0.383 e. The number of rotatable bonds is 4. The molecule has 0 radical (unpaired) electrons. The molecule has 0 saturated heterocycles. The lowest BCUT2D eigenvalue weighted by molar-refractivity contribution is 0.210. The molecule has 13 heavy (non-hydrogen) atoms. The molecule has 6 heteroatoms. The van der Waals surface area contributed by atoms with Gasteiger partial charge >= 0.3 is 0 Å². The maximum atomic E-state index is 5.63. The second-order valence-corrected chi connectivity index (χ2v) is 3.76. The average Bonchev–Trinajstić information content (AvgIpc) is 2.11. The Labute approximate surface area is 95.2 Å². The van der Waals surface area contributed by atoms with E-state index in [4.69, 9.17) is 16.3 Å². The third-order valence-electron chi connectivity index (χ3n) is 1.31. The molecular weight excluding hydrogens is 304 g/mol. The summed E-state index contributed by atoms with van der Waals surface area (Å²) >= 11 is 7.77. The van der Waals surface area contributed by atoms with E-state index in [0.29, 0.717) is 13.2 Å². The van der Waals surface area contributed by atoms with E-state index >= 15 is 0 Å². The first-order valence-electron chi connectivity index (χ1n) is 3.65. The van der Waals surface area contributed by atoms with Crippen LogP contribution >= 0.6 is 34.2 Å². The Hall–Kier alpha value is -0.140. The Bertz CT molecular complexity index is 284. The van der Waals surface area contributed by atoms with Crippen molar-refractivity contribution in [2.75, 3.05) is 25.6 Å². The monoisotopic (exact) mass is 313 g/mol. The van der Waals surface area contributed by atoms with Crippen molar-refractivity contribution in [2.24, 2.45) is 0 Å². The van der Waals surface area contributed by atoms with Gasteiger partial charge in [0.15, 0.2) is 0 Å². The van der Waals surface area contributed by atoms with E-state index < -0.39 is 0 Å². The number of hydrogen-bond acceptors (Lipinski definition) is 4. The molecule has 0 aromatic carbocycles. The van der Waals surface area contributed by atoms with Gasteiger partial charge in [0.25, 0.3) is 0 Å². The van der Waals surface area contributed by atoms with E-state index in [1.165, 1.54) is 0 Å². The van der Waals surface area contributed by atoms with Crippen LogP contribution in [0.4, 0.5) is 5.82 Å². The second kappa shape index (κ2) is 5.56. The third-order valence-corrected chi connectivity index (χ3v) is 2.28. The molecule has 1 aromatic heterocycles. The van der Waals surface area contributed by atoms with Crippen LogP contribution < -0.4 is 5.32 Å². The molecule has 0 aliphatic rings. The maximum absolute atomic E-state index is 5.63. The highest BCUT2D eigenvalue weighted by Gasteiger charge is 2.01. The normalized spacial score (nSPS) is 10.1. The van der Waals surface area contributed by atoms with Crippen LogP contribution in [0.2, 0.25) is 5.28 Å². The lowest BCUT2D eigenvalue weighted by Gasteiger charge is -2.05. The molecule has 0 aliphatic heterocycles. The molecule has 1 aromatic rings. The van der Waals surface area contributed by atoms with Crippen molar-refractivity contribution in [3.05, 3.63) is 15.1 Å². The number of halogens is 2. The SMILES string of the molecule is COCCNc1nc(Cl)ncc1I. The van der Waals surface area contributed by atoms with Crippen molar-refractivity contribution in [3.8, 4) is 0 Å². The summed E-state index contributed by atoms with van der Waals surface area (Å²) in [6.07, 6.45) is 1.67. The summed E-state index contributed by atoms with van der Waals surface area (Å²) in [6.45, 7) is 1.34. The van der Waals surface area contributed by atoms with Gasteiger partial charge in [-0.1, -0.05) is 0 Å².